The van der Waals surface area contributed by atoms with Gasteiger partial charge >= 0.3 is 12.3 Å². The number of aromatic amines is 1. The number of fused-ring (bicyclic) bond motifs is 1. The number of aromatic nitrogens is 3. The van der Waals surface area contributed by atoms with Crippen LogP contribution in [0.5, 0.6) is 0 Å². The quantitative estimate of drug-likeness (QED) is 0.224. The molecule has 0 spiro atoms. The van der Waals surface area contributed by atoms with Gasteiger partial charge in [0.05, 0.1) is 23.0 Å². The molecular weight excluding hydrogens is 580 g/mol. The summed E-state index contributed by atoms with van der Waals surface area (Å²) in [5, 5.41) is 2.46. The van der Waals surface area contributed by atoms with Gasteiger partial charge in [-0.15, -0.1) is 0 Å². The van der Waals surface area contributed by atoms with E-state index in [-0.39, 0.29) is 48.7 Å². The third-order valence-corrected chi connectivity index (χ3v) is 6.68. The molecule has 0 aliphatic carbocycles. The number of benzene rings is 2. The highest BCUT2D eigenvalue weighted by molar-refractivity contribution is 6.04. The zero-order chi connectivity index (χ0) is 31.6. The van der Waals surface area contributed by atoms with E-state index in [1.807, 2.05) is 0 Å². The van der Waals surface area contributed by atoms with Crippen molar-refractivity contribution in [2.24, 2.45) is 0 Å². The van der Waals surface area contributed by atoms with Crippen molar-refractivity contribution < 1.29 is 31.9 Å². The van der Waals surface area contributed by atoms with Crippen LogP contribution in [0.4, 0.5) is 33.7 Å². The average molecular weight is 609 g/mol. The number of ether oxygens (including phenoxy) is 1. The molecule has 0 radical (unpaired) electrons. The van der Waals surface area contributed by atoms with Crippen LogP contribution < -0.4 is 10.2 Å². The number of amides is 2. The molecule has 1 aliphatic heterocycles. The van der Waals surface area contributed by atoms with Crippen LogP contribution in [0.15, 0.2) is 55.0 Å². The molecule has 0 unspecified atom stereocenters. The summed E-state index contributed by atoms with van der Waals surface area (Å²) in [5.41, 5.74) is -0.199. The third kappa shape index (κ3) is 7.08. The van der Waals surface area contributed by atoms with Gasteiger partial charge in [-0.1, -0.05) is 11.8 Å². The first kappa shape index (κ1) is 30.3. The van der Waals surface area contributed by atoms with Crippen LogP contribution in [-0.4, -0.2) is 63.6 Å². The Labute approximate surface area is 250 Å². The molecule has 1 aliphatic rings. The van der Waals surface area contributed by atoms with Crippen molar-refractivity contribution in [3.05, 3.63) is 83.1 Å². The summed E-state index contributed by atoms with van der Waals surface area (Å²) >= 11 is 0. The second kappa shape index (κ2) is 11.9. The number of nitrogens with one attached hydrogen (secondary N) is 2. The SMILES string of the molecule is CC(C)(C)OC(=O)N1CCN(c2ccc(NC(=O)c3ccc(F)c(C#Cc4cnc5nc[nH]c5c4)c3)cc2C(F)(F)F)CC1. The van der Waals surface area contributed by atoms with Crippen molar-refractivity contribution in [3.63, 3.8) is 0 Å². The first-order valence-corrected chi connectivity index (χ1v) is 13.6. The number of hydrogen-bond acceptors (Lipinski definition) is 6. The zero-order valence-electron chi connectivity index (χ0n) is 24.1. The Morgan fingerprint density at radius 2 is 1.73 bits per heavy atom. The highest BCUT2D eigenvalue weighted by Crippen LogP contribution is 2.39. The van der Waals surface area contributed by atoms with E-state index in [2.05, 4.69) is 32.1 Å². The minimum absolute atomic E-state index is 0.00810. The number of rotatable bonds is 3. The number of carbonyl (C=O) groups is 2. The van der Waals surface area contributed by atoms with Gasteiger partial charge in [-0.2, -0.15) is 13.2 Å². The van der Waals surface area contributed by atoms with E-state index in [1.54, 1.807) is 31.7 Å². The van der Waals surface area contributed by atoms with Crippen LogP contribution in [0.25, 0.3) is 11.2 Å². The number of piperazine rings is 1. The van der Waals surface area contributed by atoms with Crippen molar-refractivity contribution in [1.82, 2.24) is 19.9 Å². The molecule has 2 aromatic carbocycles. The normalized spacial score (nSPS) is 13.8. The number of halogens is 4. The zero-order valence-corrected chi connectivity index (χ0v) is 24.1. The highest BCUT2D eigenvalue weighted by Gasteiger charge is 2.36. The Bertz CT molecular complexity index is 1780. The summed E-state index contributed by atoms with van der Waals surface area (Å²) in [5.74, 6) is 4.06. The van der Waals surface area contributed by atoms with Crippen molar-refractivity contribution in [2.75, 3.05) is 36.4 Å². The molecule has 1 fully saturated rings. The lowest BCUT2D eigenvalue weighted by Crippen LogP contribution is -2.50. The van der Waals surface area contributed by atoms with E-state index < -0.39 is 35.2 Å². The predicted molar refractivity (Wildman–Crippen MR) is 156 cm³/mol. The van der Waals surface area contributed by atoms with Gasteiger partial charge in [0.25, 0.3) is 5.91 Å². The van der Waals surface area contributed by atoms with Crippen LogP contribution in [0.3, 0.4) is 0 Å². The van der Waals surface area contributed by atoms with Gasteiger partial charge in [-0.05, 0) is 63.2 Å². The summed E-state index contributed by atoms with van der Waals surface area (Å²) in [4.78, 5) is 39.4. The molecule has 0 bridgehead atoms. The van der Waals surface area contributed by atoms with Gasteiger partial charge in [-0.25, -0.2) is 19.2 Å². The second-order valence-electron chi connectivity index (χ2n) is 11.1. The Balaban J connectivity index is 1.31. The molecule has 0 atom stereocenters. The Hall–Kier alpha value is -5.12. The first-order valence-electron chi connectivity index (χ1n) is 13.6. The standard InChI is InChI=1S/C31H28F4N6O3/c1-30(2,3)44-29(43)41-12-10-40(11-13-41)26-9-7-22(16-23(26)31(33,34)35)39-28(42)21-6-8-24(32)20(15-21)5-4-19-14-25-27(36-17-19)38-18-37-25/h6-9,14-18H,10-13H2,1-3H3,(H,39,42)(H,36,37,38). The van der Waals surface area contributed by atoms with Gasteiger partial charge in [-0.3, -0.25) is 4.79 Å². The Morgan fingerprint density at radius 1 is 0.977 bits per heavy atom. The predicted octanol–water partition coefficient (Wildman–Crippen LogP) is 5.83. The van der Waals surface area contributed by atoms with E-state index >= 15 is 0 Å². The fourth-order valence-corrected chi connectivity index (χ4v) is 4.58. The molecule has 3 heterocycles. The van der Waals surface area contributed by atoms with E-state index in [0.29, 0.717) is 16.7 Å². The van der Waals surface area contributed by atoms with Gasteiger partial charge < -0.3 is 24.8 Å². The summed E-state index contributed by atoms with van der Waals surface area (Å²) in [6.45, 7) is 5.93. The topological polar surface area (TPSA) is 103 Å². The summed E-state index contributed by atoms with van der Waals surface area (Å²) < 4.78 is 62.2. The van der Waals surface area contributed by atoms with Crippen molar-refractivity contribution in [3.8, 4) is 11.8 Å². The number of imidazole rings is 1. The summed E-state index contributed by atoms with van der Waals surface area (Å²) in [6, 6.07) is 8.71. The molecule has 0 saturated carbocycles. The number of anilines is 2. The fraction of sp³-hybridized carbons (Fsp3) is 0.290. The summed E-state index contributed by atoms with van der Waals surface area (Å²) in [7, 11) is 0. The van der Waals surface area contributed by atoms with Gasteiger partial charge in [0.15, 0.2) is 5.65 Å². The van der Waals surface area contributed by atoms with Crippen LogP contribution in [0.1, 0.15) is 47.8 Å². The van der Waals surface area contributed by atoms with E-state index in [9.17, 15) is 27.2 Å². The molecule has 5 rings (SSSR count). The summed E-state index contributed by atoms with van der Waals surface area (Å²) in [6.07, 6.45) is -2.27. The molecule has 1 saturated heterocycles. The minimum atomic E-state index is -4.72. The van der Waals surface area contributed by atoms with Gasteiger partial charge in [0.2, 0.25) is 0 Å². The van der Waals surface area contributed by atoms with Gasteiger partial charge in [0, 0.05) is 54.9 Å². The Kier molecular flexibility index (Phi) is 8.19. The number of carbonyl (C=O) groups excluding carboxylic acids is 2. The maximum atomic E-state index is 14.5. The number of H-pyrrole nitrogens is 1. The van der Waals surface area contributed by atoms with Crippen LogP contribution in [0, 0.1) is 17.7 Å². The van der Waals surface area contributed by atoms with E-state index in [0.717, 1.165) is 12.1 Å². The minimum Gasteiger partial charge on any atom is -0.444 e. The number of hydrogen-bond donors (Lipinski definition) is 2. The molecule has 2 aromatic heterocycles. The molecule has 9 nitrogen and oxygen atoms in total. The lowest BCUT2D eigenvalue weighted by atomic mass is 10.1. The third-order valence-electron chi connectivity index (χ3n) is 6.68. The second-order valence-corrected chi connectivity index (χ2v) is 11.1. The van der Waals surface area contributed by atoms with E-state index in [1.165, 1.54) is 41.7 Å². The molecule has 228 valence electrons. The fourth-order valence-electron chi connectivity index (χ4n) is 4.58. The smallest absolute Gasteiger partial charge is 0.418 e. The number of pyridine rings is 1. The maximum absolute atomic E-state index is 14.5. The van der Waals surface area contributed by atoms with E-state index in [4.69, 9.17) is 4.74 Å². The number of alkyl halides is 3. The largest absolute Gasteiger partial charge is 0.444 e. The number of nitrogens with zero attached hydrogens (tertiary/aromatic N) is 4. The monoisotopic (exact) mass is 608 g/mol. The average Bonchev–Trinajstić information content (AvgIpc) is 3.43. The van der Waals surface area contributed by atoms with Crippen molar-refractivity contribution >= 4 is 34.5 Å². The van der Waals surface area contributed by atoms with Crippen LogP contribution >= 0.6 is 0 Å². The molecule has 2 amide bonds. The van der Waals surface area contributed by atoms with Crippen molar-refractivity contribution in [2.45, 2.75) is 32.5 Å². The van der Waals surface area contributed by atoms with Crippen molar-refractivity contribution in [1.29, 1.82) is 0 Å². The first-order chi connectivity index (χ1) is 20.8. The molecule has 2 N–H and O–H groups in total. The lowest BCUT2D eigenvalue weighted by Gasteiger charge is -2.37. The maximum Gasteiger partial charge on any atom is 0.418 e. The molecule has 4 aromatic rings. The van der Waals surface area contributed by atoms with Crippen LogP contribution in [0.2, 0.25) is 0 Å². The molecule has 13 heteroatoms. The highest BCUT2D eigenvalue weighted by atomic mass is 19.4. The molecule has 44 heavy (non-hydrogen) atoms. The van der Waals surface area contributed by atoms with Gasteiger partial charge in [0.1, 0.15) is 11.4 Å². The Morgan fingerprint density at radius 3 is 2.43 bits per heavy atom. The lowest BCUT2D eigenvalue weighted by molar-refractivity contribution is -0.137. The molecular formula is C31H28F4N6O3. The van der Waals surface area contributed by atoms with Crippen LogP contribution in [-0.2, 0) is 10.9 Å².